The first kappa shape index (κ1) is 13.1. The van der Waals surface area contributed by atoms with Gasteiger partial charge in [0.2, 0.25) is 0 Å². The van der Waals surface area contributed by atoms with Crippen molar-refractivity contribution < 1.29 is 4.74 Å². The molecular formula is C15H27NO. The highest BCUT2D eigenvalue weighted by Crippen LogP contribution is 2.42. The highest BCUT2D eigenvalue weighted by atomic mass is 16.5. The third kappa shape index (κ3) is 2.92. The predicted octanol–water partition coefficient (Wildman–Crippen LogP) is 3.28. The lowest BCUT2D eigenvalue weighted by Gasteiger charge is -2.52. The Bertz CT molecular complexity index is 272. The summed E-state index contributed by atoms with van der Waals surface area (Å²) in [7, 11) is 1.83. The lowest BCUT2D eigenvalue weighted by Crippen LogP contribution is -2.62. The summed E-state index contributed by atoms with van der Waals surface area (Å²) in [4.78, 5) is 0. The molecule has 17 heavy (non-hydrogen) atoms. The highest BCUT2D eigenvalue weighted by Gasteiger charge is 2.48. The van der Waals surface area contributed by atoms with Crippen LogP contribution in [-0.2, 0) is 4.74 Å². The smallest absolute Gasteiger partial charge is 0.0652 e. The summed E-state index contributed by atoms with van der Waals surface area (Å²) in [6.07, 6.45) is 13.0. The van der Waals surface area contributed by atoms with Gasteiger partial charge in [0.1, 0.15) is 0 Å². The van der Waals surface area contributed by atoms with Crippen molar-refractivity contribution in [2.45, 2.75) is 70.6 Å². The Labute approximate surface area is 106 Å². The van der Waals surface area contributed by atoms with E-state index in [9.17, 15) is 0 Å². The van der Waals surface area contributed by atoms with Gasteiger partial charge in [-0.25, -0.2) is 0 Å². The number of hydrogen-bond acceptors (Lipinski definition) is 2. The van der Waals surface area contributed by atoms with E-state index in [1.165, 1.54) is 32.1 Å². The first-order valence-corrected chi connectivity index (χ1v) is 7.10. The van der Waals surface area contributed by atoms with E-state index < -0.39 is 0 Å². The van der Waals surface area contributed by atoms with Crippen LogP contribution in [0.4, 0.5) is 0 Å². The Morgan fingerprint density at radius 2 is 2.06 bits per heavy atom. The molecular weight excluding hydrogens is 210 g/mol. The van der Waals surface area contributed by atoms with Crippen LogP contribution in [0.5, 0.6) is 0 Å². The fourth-order valence-electron chi connectivity index (χ4n) is 3.13. The molecule has 1 fully saturated rings. The topological polar surface area (TPSA) is 21.3 Å². The van der Waals surface area contributed by atoms with E-state index in [4.69, 9.17) is 4.74 Å². The Hall–Kier alpha value is -0.340. The van der Waals surface area contributed by atoms with Gasteiger partial charge in [-0.3, -0.25) is 0 Å². The van der Waals surface area contributed by atoms with Gasteiger partial charge in [-0.1, -0.05) is 38.8 Å². The van der Waals surface area contributed by atoms with Crippen LogP contribution in [0.3, 0.4) is 0 Å². The van der Waals surface area contributed by atoms with Crippen LogP contribution in [0.2, 0.25) is 0 Å². The quantitative estimate of drug-likeness (QED) is 0.761. The standard InChI is InChI=1S/C15H27NO/c1-15(2)13(11-14(15)17-3)16-12-9-7-5-4-6-8-10-12/h7,9,12-14,16H,4-6,8,10-11H2,1-3H3/b9-7+. The molecule has 0 heterocycles. The van der Waals surface area contributed by atoms with Crippen LogP contribution in [0.15, 0.2) is 12.2 Å². The summed E-state index contributed by atoms with van der Waals surface area (Å²) in [6.45, 7) is 4.63. The van der Waals surface area contributed by atoms with Gasteiger partial charge >= 0.3 is 0 Å². The summed E-state index contributed by atoms with van der Waals surface area (Å²) in [5.41, 5.74) is 0.283. The van der Waals surface area contributed by atoms with Crippen molar-refractivity contribution in [2.24, 2.45) is 5.41 Å². The van der Waals surface area contributed by atoms with E-state index in [-0.39, 0.29) is 5.41 Å². The van der Waals surface area contributed by atoms with Crippen molar-refractivity contribution in [2.75, 3.05) is 7.11 Å². The molecule has 2 aliphatic carbocycles. The molecule has 3 atom stereocenters. The number of allylic oxidation sites excluding steroid dienone is 1. The van der Waals surface area contributed by atoms with Crippen molar-refractivity contribution in [3.05, 3.63) is 12.2 Å². The molecule has 0 aromatic heterocycles. The highest BCUT2D eigenvalue weighted by molar-refractivity contribution is 5.06. The van der Waals surface area contributed by atoms with Gasteiger partial charge in [0.05, 0.1) is 6.10 Å². The molecule has 0 aromatic carbocycles. The van der Waals surface area contributed by atoms with E-state index in [0.717, 1.165) is 6.42 Å². The minimum absolute atomic E-state index is 0.283. The van der Waals surface area contributed by atoms with Gasteiger partial charge in [-0.15, -0.1) is 0 Å². The van der Waals surface area contributed by atoms with Crippen molar-refractivity contribution >= 4 is 0 Å². The van der Waals surface area contributed by atoms with E-state index in [0.29, 0.717) is 18.2 Å². The first-order valence-electron chi connectivity index (χ1n) is 7.10. The third-order valence-electron chi connectivity index (χ3n) is 4.63. The van der Waals surface area contributed by atoms with Crippen LogP contribution >= 0.6 is 0 Å². The third-order valence-corrected chi connectivity index (χ3v) is 4.63. The number of ether oxygens (including phenoxy) is 1. The molecule has 2 nitrogen and oxygen atoms in total. The fraction of sp³-hybridized carbons (Fsp3) is 0.867. The molecule has 1 saturated carbocycles. The Balaban J connectivity index is 1.86. The molecule has 98 valence electrons. The molecule has 1 N–H and O–H groups in total. The second-order valence-corrected chi connectivity index (χ2v) is 6.17. The molecule has 0 aromatic rings. The maximum absolute atomic E-state index is 5.51. The Morgan fingerprint density at radius 1 is 1.24 bits per heavy atom. The van der Waals surface area contributed by atoms with Gasteiger partial charge in [-0.2, -0.15) is 0 Å². The molecule has 0 saturated heterocycles. The zero-order valence-electron chi connectivity index (χ0n) is 11.5. The largest absolute Gasteiger partial charge is 0.381 e. The number of nitrogens with one attached hydrogen (secondary N) is 1. The van der Waals surface area contributed by atoms with E-state index in [1.807, 2.05) is 7.11 Å². The van der Waals surface area contributed by atoms with Gasteiger partial charge in [-0.05, 0) is 25.7 Å². The molecule has 0 bridgehead atoms. The van der Waals surface area contributed by atoms with E-state index in [1.54, 1.807) is 0 Å². The fourth-order valence-corrected chi connectivity index (χ4v) is 3.13. The second kappa shape index (κ2) is 5.53. The SMILES string of the molecule is COC1CC(NC2/C=C/CCCCC2)C1(C)C. The average Bonchev–Trinajstić information content (AvgIpc) is 2.25. The Morgan fingerprint density at radius 3 is 2.76 bits per heavy atom. The summed E-state index contributed by atoms with van der Waals surface area (Å²) < 4.78 is 5.51. The number of hydrogen-bond donors (Lipinski definition) is 1. The lowest BCUT2D eigenvalue weighted by molar-refractivity contribution is -0.0992. The maximum Gasteiger partial charge on any atom is 0.0652 e. The van der Waals surface area contributed by atoms with Crippen LogP contribution in [0.1, 0.15) is 52.4 Å². The lowest BCUT2D eigenvalue weighted by atomic mass is 9.64. The van der Waals surface area contributed by atoms with Crippen LogP contribution in [-0.4, -0.2) is 25.3 Å². The predicted molar refractivity (Wildman–Crippen MR) is 72.1 cm³/mol. The van der Waals surface area contributed by atoms with E-state index in [2.05, 4.69) is 31.3 Å². The van der Waals surface area contributed by atoms with Crippen molar-refractivity contribution in [3.8, 4) is 0 Å². The Kier molecular flexibility index (Phi) is 4.26. The molecule has 0 amide bonds. The normalized spacial score (nSPS) is 38.9. The average molecular weight is 237 g/mol. The molecule has 0 spiro atoms. The van der Waals surface area contributed by atoms with Gasteiger partial charge < -0.3 is 10.1 Å². The molecule has 0 radical (unpaired) electrons. The number of rotatable bonds is 3. The van der Waals surface area contributed by atoms with E-state index >= 15 is 0 Å². The zero-order chi connectivity index (χ0) is 12.3. The summed E-state index contributed by atoms with van der Waals surface area (Å²) >= 11 is 0. The summed E-state index contributed by atoms with van der Waals surface area (Å²) in [6, 6.07) is 1.19. The van der Waals surface area contributed by atoms with Gasteiger partial charge in [0.15, 0.2) is 0 Å². The minimum Gasteiger partial charge on any atom is -0.381 e. The molecule has 3 unspecified atom stereocenters. The van der Waals surface area contributed by atoms with Crippen LogP contribution in [0.25, 0.3) is 0 Å². The molecule has 0 aliphatic heterocycles. The monoisotopic (exact) mass is 237 g/mol. The van der Waals surface area contributed by atoms with Crippen molar-refractivity contribution in [1.29, 1.82) is 0 Å². The number of methoxy groups -OCH3 is 1. The zero-order valence-corrected chi connectivity index (χ0v) is 11.5. The second-order valence-electron chi connectivity index (χ2n) is 6.17. The molecule has 2 aliphatic rings. The van der Waals surface area contributed by atoms with Gasteiger partial charge in [0, 0.05) is 24.6 Å². The maximum atomic E-state index is 5.51. The van der Waals surface area contributed by atoms with Gasteiger partial charge in [0.25, 0.3) is 0 Å². The molecule has 2 heteroatoms. The summed E-state index contributed by atoms with van der Waals surface area (Å²) in [5, 5.41) is 3.81. The first-order chi connectivity index (χ1) is 8.14. The van der Waals surface area contributed by atoms with Crippen molar-refractivity contribution in [3.63, 3.8) is 0 Å². The van der Waals surface area contributed by atoms with Crippen LogP contribution in [0, 0.1) is 5.41 Å². The molecule has 2 rings (SSSR count). The van der Waals surface area contributed by atoms with Crippen LogP contribution < -0.4 is 5.32 Å². The summed E-state index contributed by atoms with van der Waals surface area (Å²) in [5.74, 6) is 0. The van der Waals surface area contributed by atoms with Crippen molar-refractivity contribution in [1.82, 2.24) is 5.32 Å². The minimum atomic E-state index is 0.283.